The van der Waals surface area contributed by atoms with Gasteiger partial charge in [-0.25, -0.2) is 0 Å². The van der Waals surface area contributed by atoms with Gasteiger partial charge < -0.3 is 19.3 Å². The Labute approximate surface area is 112 Å². The van der Waals surface area contributed by atoms with Gasteiger partial charge in [-0.05, 0) is 36.4 Å². The van der Waals surface area contributed by atoms with E-state index in [-0.39, 0.29) is 12.7 Å². The molecular weight excluding hydrogens is 244 g/mol. The Morgan fingerprint density at radius 1 is 1.26 bits per heavy atom. The van der Waals surface area contributed by atoms with Crippen LogP contribution in [0.1, 0.15) is 0 Å². The second-order valence-electron chi connectivity index (χ2n) is 4.09. The van der Waals surface area contributed by atoms with Crippen LogP contribution in [0.25, 0.3) is 0 Å². The third-order valence-electron chi connectivity index (χ3n) is 2.84. The summed E-state index contributed by atoms with van der Waals surface area (Å²) in [6.45, 7) is -0.149. The van der Waals surface area contributed by atoms with E-state index in [0.717, 1.165) is 5.75 Å². The maximum atomic E-state index is 9.31. The topological polar surface area (TPSA) is 47.9 Å². The number of rotatable bonds is 4. The molecule has 0 amide bonds. The summed E-state index contributed by atoms with van der Waals surface area (Å²) in [6.07, 6.45) is 7.62. The summed E-state index contributed by atoms with van der Waals surface area (Å²) in [7, 11) is 1.61. The van der Waals surface area contributed by atoms with Crippen molar-refractivity contribution in [2.24, 2.45) is 0 Å². The average molecular weight is 260 g/mol. The number of terminal acetylenes is 1. The van der Waals surface area contributed by atoms with Gasteiger partial charge in [-0.3, -0.25) is 0 Å². The summed E-state index contributed by atoms with van der Waals surface area (Å²) < 4.78 is 16.3. The first-order valence-electron chi connectivity index (χ1n) is 5.98. The summed E-state index contributed by atoms with van der Waals surface area (Å²) in [5, 5.41) is 9.31. The van der Waals surface area contributed by atoms with E-state index < -0.39 is 12.2 Å². The number of hydrogen-bond acceptors (Lipinski definition) is 4. The van der Waals surface area contributed by atoms with Gasteiger partial charge in [0.2, 0.25) is 0 Å². The standard InChI is InChI=1S/C15H16O4/c1-3-11-8-9-14(15(10-16)18-11)19-13-6-4-12(17-2)5-7-13/h1,4-9,11,14-16H,10H2,2H3. The molecule has 1 aliphatic rings. The van der Waals surface area contributed by atoms with Gasteiger partial charge in [0.1, 0.15) is 29.8 Å². The molecule has 0 fully saturated rings. The lowest BCUT2D eigenvalue weighted by Crippen LogP contribution is -2.40. The van der Waals surface area contributed by atoms with Gasteiger partial charge >= 0.3 is 0 Å². The maximum absolute atomic E-state index is 9.31. The van der Waals surface area contributed by atoms with Crippen molar-refractivity contribution in [1.82, 2.24) is 0 Å². The Kier molecular flexibility index (Phi) is 4.45. The minimum Gasteiger partial charge on any atom is -0.497 e. The molecule has 1 aromatic carbocycles. The molecule has 3 atom stereocenters. The Morgan fingerprint density at radius 2 is 1.95 bits per heavy atom. The smallest absolute Gasteiger partial charge is 0.145 e. The summed E-state index contributed by atoms with van der Waals surface area (Å²) in [4.78, 5) is 0. The number of benzene rings is 1. The Hall–Kier alpha value is -1.96. The number of ether oxygens (including phenoxy) is 3. The van der Waals surface area contributed by atoms with E-state index in [0.29, 0.717) is 5.75 Å². The van der Waals surface area contributed by atoms with Gasteiger partial charge in [0, 0.05) is 0 Å². The highest BCUT2D eigenvalue weighted by molar-refractivity contribution is 5.31. The number of aliphatic hydroxyl groups excluding tert-OH is 1. The second-order valence-corrected chi connectivity index (χ2v) is 4.09. The van der Waals surface area contributed by atoms with E-state index in [2.05, 4.69) is 5.92 Å². The zero-order valence-corrected chi connectivity index (χ0v) is 10.7. The first-order chi connectivity index (χ1) is 9.26. The van der Waals surface area contributed by atoms with E-state index in [1.807, 2.05) is 6.08 Å². The fourth-order valence-corrected chi connectivity index (χ4v) is 1.81. The largest absolute Gasteiger partial charge is 0.497 e. The van der Waals surface area contributed by atoms with Crippen LogP contribution in [0.4, 0.5) is 0 Å². The van der Waals surface area contributed by atoms with Crippen LogP contribution in [-0.2, 0) is 4.74 Å². The number of aliphatic hydroxyl groups is 1. The lowest BCUT2D eigenvalue weighted by atomic mass is 10.1. The van der Waals surface area contributed by atoms with E-state index in [1.54, 1.807) is 37.5 Å². The van der Waals surface area contributed by atoms with Crippen molar-refractivity contribution < 1.29 is 19.3 Å². The normalized spacial score (nSPS) is 25.6. The summed E-state index contributed by atoms with van der Waals surface area (Å²) in [5.41, 5.74) is 0. The fraction of sp³-hybridized carbons (Fsp3) is 0.333. The van der Waals surface area contributed by atoms with Gasteiger partial charge in [0.15, 0.2) is 0 Å². The Morgan fingerprint density at radius 3 is 2.53 bits per heavy atom. The molecule has 0 saturated carbocycles. The molecule has 2 rings (SSSR count). The van der Waals surface area contributed by atoms with Gasteiger partial charge in [-0.2, -0.15) is 0 Å². The zero-order chi connectivity index (χ0) is 13.7. The molecule has 19 heavy (non-hydrogen) atoms. The molecule has 3 unspecified atom stereocenters. The van der Waals surface area contributed by atoms with Crippen LogP contribution >= 0.6 is 0 Å². The van der Waals surface area contributed by atoms with Gasteiger partial charge in [-0.15, -0.1) is 6.42 Å². The third-order valence-corrected chi connectivity index (χ3v) is 2.84. The van der Waals surface area contributed by atoms with Crippen molar-refractivity contribution in [2.75, 3.05) is 13.7 Å². The summed E-state index contributed by atoms with van der Waals surface area (Å²) in [6, 6.07) is 7.21. The molecule has 100 valence electrons. The van der Waals surface area contributed by atoms with Crippen LogP contribution in [0.15, 0.2) is 36.4 Å². The molecule has 1 aromatic rings. The molecule has 1 N–H and O–H groups in total. The maximum Gasteiger partial charge on any atom is 0.145 e. The van der Waals surface area contributed by atoms with Gasteiger partial charge in [-0.1, -0.05) is 5.92 Å². The van der Waals surface area contributed by atoms with Crippen molar-refractivity contribution in [3.63, 3.8) is 0 Å². The predicted octanol–water partition coefficient (Wildman–Crippen LogP) is 1.39. The van der Waals surface area contributed by atoms with Crippen molar-refractivity contribution in [3.8, 4) is 23.8 Å². The van der Waals surface area contributed by atoms with E-state index in [1.165, 1.54) is 0 Å². The first-order valence-corrected chi connectivity index (χ1v) is 5.98. The first kappa shape index (κ1) is 13.5. The van der Waals surface area contributed by atoms with Crippen molar-refractivity contribution >= 4 is 0 Å². The van der Waals surface area contributed by atoms with Crippen LogP contribution in [0.3, 0.4) is 0 Å². The average Bonchev–Trinajstić information content (AvgIpc) is 2.48. The van der Waals surface area contributed by atoms with Crippen molar-refractivity contribution in [3.05, 3.63) is 36.4 Å². The lowest BCUT2D eigenvalue weighted by Gasteiger charge is -2.29. The van der Waals surface area contributed by atoms with Crippen molar-refractivity contribution in [2.45, 2.75) is 18.3 Å². The van der Waals surface area contributed by atoms with E-state index >= 15 is 0 Å². The number of methoxy groups -OCH3 is 1. The molecule has 0 bridgehead atoms. The van der Waals surface area contributed by atoms with E-state index in [9.17, 15) is 5.11 Å². The highest BCUT2D eigenvalue weighted by Gasteiger charge is 2.27. The van der Waals surface area contributed by atoms with Gasteiger partial charge in [0.05, 0.1) is 13.7 Å². The molecule has 0 saturated heterocycles. The summed E-state index contributed by atoms with van der Waals surface area (Å²) in [5.74, 6) is 3.91. The predicted molar refractivity (Wildman–Crippen MR) is 71.1 cm³/mol. The van der Waals surface area contributed by atoms with Gasteiger partial charge in [0.25, 0.3) is 0 Å². The third kappa shape index (κ3) is 3.28. The monoisotopic (exact) mass is 260 g/mol. The highest BCUT2D eigenvalue weighted by Crippen LogP contribution is 2.22. The molecule has 0 aromatic heterocycles. The molecule has 4 heteroatoms. The van der Waals surface area contributed by atoms with Crippen LogP contribution < -0.4 is 9.47 Å². The highest BCUT2D eigenvalue weighted by atomic mass is 16.6. The summed E-state index contributed by atoms with van der Waals surface area (Å²) >= 11 is 0. The Balaban J connectivity index is 2.06. The van der Waals surface area contributed by atoms with Crippen LogP contribution in [0, 0.1) is 12.3 Å². The minimum atomic E-state index is -0.465. The quantitative estimate of drug-likeness (QED) is 0.656. The molecule has 1 aliphatic heterocycles. The molecule has 0 spiro atoms. The van der Waals surface area contributed by atoms with E-state index in [4.69, 9.17) is 20.6 Å². The number of hydrogen-bond donors (Lipinski definition) is 1. The minimum absolute atomic E-state index is 0.149. The van der Waals surface area contributed by atoms with Crippen molar-refractivity contribution in [1.29, 1.82) is 0 Å². The SMILES string of the molecule is C#CC1C=CC(Oc2ccc(OC)cc2)C(CO)O1. The van der Waals surface area contributed by atoms with Crippen LogP contribution in [0.2, 0.25) is 0 Å². The van der Waals surface area contributed by atoms with Crippen LogP contribution in [-0.4, -0.2) is 37.1 Å². The second kappa shape index (κ2) is 6.28. The molecule has 1 heterocycles. The Bertz CT molecular complexity index is 472. The molecule has 0 radical (unpaired) electrons. The zero-order valence-electron chi connectivity index (χ0n) is 10.7. The molecular formula is C15H16O4. The molecule has 0 aliphatic carbocycles. The fourth-order valence-electron chi connectivity index (χ4n) is 1.81. The lowest BCUT2D eigenvalue weighted by molar-refractivity contribution is -0.0548. The molecule has 4 nitrogen and oxygen atoms in total. The van der Waals surface area contributed by atoms with Crippen LogP contribution in [0.5, 0.6) is 11.5 Å².